The number of halogens is 3. The molecule has 0 radical (unpaired) electrons. The Balaban J connectivity index is 1.82. The van der Waals surface area contributed by atoms with Gasteiger partial charge in [0.25, 0.3) is 0 Å². The minimum absolute atomic E-state index is 0.0372. The van der Waals surface area contributed by atoms with Crippen molar-refractivity contribution in [2.24, 2.45) is 0 Å². The number of morpholine rings is 1. The second-order valence-corrected chi connectivity index (χ2v) is 7.20. The van der Waals surface area contributed by atoms with E-state index in [2.05, 4.69) is 4.98 Å². The number of hydrogen-bond donors (Lipinski definition) is 2. The zero-order chi connectivity index (χ0) is 20.7. The smallest absolute Gasteiger partial charge is 0.407 e. The first kappa shape index (κ1) is 19.4. The summed E-state index contributed by atoms with van der Waals surface area (Å²) in [5.41, 5.74) is 6.17. The van der Waals surface area contributed by atoms with Crippen LogP contribution in [0.4, 0.5) is 19.3 Å². The summed E-state index contributed by atoms with van der Waals surface area (Å²) in [5.74, 6) is -1.68. The summed E-state index contributed by atoms with van der Waals surface area (Å²) in [6.45, 7) is 0.643. The van der Waals surface area contributed by atoms with Crippen LogP contribution in [0.3, 0.4) is 0 Å². The monoisotopic (exact) mass is 422 g/mol. The third-order valence-electron chi connectivity index (χ3n) is 4.82. The van der Waals surface area contributed by atoms with Gasteiger partial charge in [0.2, 0.25) is 0 Å². The number of ether oxygens (including phenoxy) is 1. The van der Waals surface area contributed by atoms with Gasteiger partial charge in [-0.05, 0) is 18.2 Å². The minimum Gasteiger partial charge on any atom is -0.465 e. The van der Waals surface area contributed by atoms with E-state index in [4.69, 9.17) is 22.1 Å². The second-order valence-electron chi connectivity index (χ2n) is 6.77. The maximum absolute atomic E-state index is 14.6. The van der Waals surface area contributed by atoms with Crippen LogP contribution in [0.5, 0.6) is 0 Å². The lowest BCUT2D eigenvalue weighted by Crippen LogP contribution is -2.45. The average molecular weight is 423 g/mol. The SMILES string of the molecule is Nc1cc(F)c(-c2nc3cc(Cl)ccn3c2CC2CN(C(=O)O)CCO2)c(F)c1. The Morgan fingerprint density at radius 2 is 2.07 bits per heavy atom. The molecule has 7 nitrogen and oxygen atoms in total. The van der Waals surface area contributed by atoms with Crippen molar-refractivity contribution in [3.05, 3.63) is 52.8 Å². The quantitative estimate of drug-likeness (QED) is 0.631. The van der Waals surface area contributed by atoms with Gasteiger partial charge < -0.3 is 24.9 Å². The number of imidazole rings is 1. The second kappa shape index (κ2) is 7.49. The molecule has 3 aromatic rings. The molecule has 1 unspecified atom stereocenters. The molecule has 1 aromatic carbocycles. The third kappa shape index (κ3) is 3.70. The molecule has 4 rings (SSSR count). The van der Waals surface area contributed by atoms with E-state index in [1.165, 1.54) is 4.90 Å². The Morgan fingerprint density at radius 1 is 1.34 bits per heavy atom. The summed E-state index contributed by atoms with van der Waals surface area (Å²) < 4.78 is 36.6. The molecule has 1 fully saturated rings. The number of nitrogens with two attached hydrogens (primary N) is 1. The van der Waals surface area contributed by atoms with Gasteiger partial charge in [-0.2, -0.15) is 0 Å². The number of benzene rings is 1. The normalized spacial score (nSPS) is 17.1. The fourth-order valence-electron chi connectivity index (χ4n) is 3.52. The molecule has 0 aliphatic carbocycles. The van der Waals surface area contributed by atoms with Crippen molar-refractivity contribution in [2.75, 3.05) is 25.4 Å². The van der Waals surface area contributed by atoms with E-state index in [9.17, 15) is 18.7 Å². The third-order valence-corrected chi connectivity index (χ3v) is 5.05. The highest BCUT2D eigenvalue weighted by molar-refractivity contribution is 6.30. The summed E-state index contributed by atoms with van der Waals surface area (Å²) >= 11 is 6.04. The predicted octanol–water partition coefficient (Wildman–Crippen LogP) is 3.44. The number of carboxylic acid groups (broad SMARTS) is 1. The fraction of sp³-hybridized carbons (Fsp3) is 0.263. The van der Waals surface area contributed by atoms with Gasteiger partial charge in [0, 0.05) is 35.9 Å². The van der Waals surface area contributed by atoms with Crippen LogP contribution >= 0.6 is 11.6 Å². The first-order valence-electron chi connectivity index (χ1n) is 8.84. The fourth-order valence-corrected chi connectivity index (χ4v) is 3.67. The van der Waals surface area contributed by atoms with E-state index in [1.54, 1.807) is 22.7 Å². The van der Waals surface area contributed by atoms with Crippen LogP contribution in [0.1, 0.15) is 5.69 Å². The summed E-state index contributed by atoms with van der Waals surface area (Å²) in [5, 5.41) is 9.66. The van der Waals surface area contributed by atoms with Crippen molar-refractivity contribution < 1.29 is 23.4 Å². The Labute approximate surface area is 169 Å². The van der Waals surface area contributed by atoms with Gasteiger partial charge in [-0.3, -0.25) is 0 Å². The molecule has 3 heterocycles. The lowest BCUT2D eigenvalue weighted by atomic mass is 10.0. The van der Waals surface area contributed by atoms with E-state index >= 15 is 0 Å². The molecule has 29 heavy (non-hydrogen) atoms. The van der Waals surface area contributed by atoms with Crippen molar-refractivity contribution in [1.29, 1.82) is 0 Å². The molecule has 152 valence electrons. The van der Waals surface area contributed by atoms with Crippen LogP contribution in [0.25, 0.3) is 16.9 Å². The number of hydrogen-bond acceptors (Lipinski definition) is 4. The van der Waals surface area contributed by atoms with Crippen LogP contribution in [0, 0.1) is 11.6 Å². The van der Waals surface area contributed by atoms with Gasteiger partial charge in [0.1, 0.15) is 17.3 Å². The Kier molecular flexibility index (Phi) is 5.01. The van der Waals surface area contributed by atoms with Gasteiger partial charge in [0.05, 0.1) is 36.2 Å². The lowest BCUT2D eigenvalue weighted by molar-refractivity contribution is -0.0214. The number of anilines is 1. The van der Waals surface area contributed by atoms with Crippen LogP contribution in [0.2, 0.25) is 5.02 Å². The number of nitrogens with zero attached hydrogens (tertiary/aromatic N) is 3. The number of aromatic nitrogens is 2. The molecule has 1 aliphatic heterocycles. The highest BCUT2D eigenvalue weighted by Gasteiger charge is 2.28. The topological polar surface area (TPSA) is 93.1 Å². The van der Waals surface area contributed by atoms with E-state index in [0.717, 1.165) is 12.1 Å². The van der Waals surface area contributed by atoms with E-state index in [-0.39, 0.29) is 43.1 Å². The Morgan fingerprint density at radius 3 is 2.76 bits per heavy atom. The van der Waals surface area contributed by atoms with Crippen LogP contribution in [-0.2, 0) is 11.2 Å². The molecule has 2 aromatic heterocycles. The van der Waals surface area contributed by atoms with Gasteiger partial charge in [-0.15, -0.1) is 0 Å². The number of carbonyl (C=O) groups is 1. The Hall–Kier alpha value is -2.91. The largest absolute Gasteiger partial charge is 0.465 e. The minimum atomic E-state index is -1.04. The standard InChI is InChI=1S/C19H17ClF2N4O3/c20-10-1-2-26-15(8-12-9-25(19(27)28)3-4-29-12)18(24-16(26)5-10)17-13(21)6-11(23)7-14(17)22/h1-2,5-7,12H,3-4,8-9,23H2,(H,27,28). The zero-order valence-electron chi connectivity index (χ0n) is 15.1. The maximum atomic E-state index is 14.6. The molecule has 3 N–H and O–H groups in total. The Bertz CT molecular complexity index is 1080. The van der Waals surface area contributed by atoms with Crippen LogP contribution < -0.4 is 5.73 Å². The number of rotatable bonds is 3. The summed E-state index contributed by atoms with van der Waals surface area (Å²) in [6.07, 6.45) is 0.313. The van der Waals surface area contributed by atoms with Gasteiger partial charge in [-0.1, -0.05) is 11.6 Å². The summed E-state index contributed by atoms with van der Waals surface area (Å²) in [6, 6.07) is 5.27. The average Bonchev–Trinajstić information content (AvgIpc) is 2.98. The maximum Gasteiger partial charge on any atom is 0.407 e. The van der Waals surface area contributed by atoms with Crippen molar-refractivity contribution in [1.82, 2.24) is 14.3 Å². The highest BCUT2D eigenvalue weighted by Crippen LogP contribution is 2.32. The zero-order valence-corrected chi connectivity index (χ0v) is 15.9. The van der Waals surface area contributed by atoms with E-state index < -0.39 is 23.8 Å². The van der Waals surface area contributed by atoms with Crippen molar-refractivity contribution >= 4 is 29.0 Å². The van der Waals surface area contributed by atoms with Crippen LogP contribution in [0.15, 0.2) is 30.5 Å². The molecule has 1 aliphatic rings. The predicted molar refractivity (Wildman–Crippen MR) is 103 cm³/mol. The number of pyridine rings is 1. The van der Waals surface area contributed by atoms with Crippen molar-refractivity contribution in [3.63, 3.8) is 0 Å². The van der Waals surface area contributed by atoms with Gasteiger partial charge >= 0.3 is 6.09 Å². The first-order chi connectivity index (χ1) is 13.8. The molecule has 10 heteroatoms. The van der Waals surface area contributed by atoms with E-state index in [0.29, 0.717) is 16.4 Å². The van der Waals surface area contributed by atoms with E-state index in [1.807, 2.05) is 0 Å². The molecule has 0 spiro atoms. The molecule has 1 atom stereocenters. The van der Waals surface area contributed by atoms with Crippen LogP contribution in [-0.4, -0.2) is 51.3 Å². The molecule has 1 saturated heterocycles. The number of fused-ring (bicyclic) bond motifs is 1. The molecule has 0 saturated carbocycles. The van der Waals surface area contributed by atoms with Gasteiger partial charge in [-0.25, -0.2) is 18.6 Å². The molecular formula is C19H17ClF2N4O3. The summed E-state index contributed by atoms with van der Waals surface area (Å²) in [4.78, 5) is 16.9. The lowest BCUT2D eigenvalue weighted by Gasteiger charge is -2.31. The van der Waals surface area contributed by atoms with Gasteiger partial charge in [0.15, 0.2) is 0 Å². The summed E-state index contributed by atoms with van der Waals surface area (Å²) in [7, 11) is 0. The molecule has 0 bridgehead atoms. The van der Waals surface area contributed by atoms with Crippen molar-refractivity contribution in [3.8, 4) is 11.3 Å². The van der Waals surface area contributed by atoms with Crippen molar-refractivity contribution in [2.45, 2.75) is 12.5 Å². The first-order valence-corrected chi connectivity index (χ1v) is 9.22. The number of nitrogen functional groups attached to an aromatic ring is 1. The number of amides is 1. The molecular weight excluding hydrogens is 406 g/mol. The highest BCUT2D eigenvalue weighted by atomic mass is 35.5. The molecule has 1 amide bonds.